The molecule has 0 spiro atoms. The second kappa shape index (κ2) is 9.13. The molecule has 1 aliphatic rings. The van der Waals surface area contributed by atoms with E-state index >= 15 is 0 Å². The molecule has 1 aliphatic heterocycles. The summed E-state index contributed by atoms with van der Waals surface area (Å²) < 4.78 is 10.7. The van der Waals surface area contributed by atoms with Gasteiger partial charge < -0.3 is 14.8 Å². The van der Waals surface area contributed by atoms with Crippen LogP contribution in [0.2, 0.25) is 0 Å². The first-order valence-corrected chi connectivity index (χ1v) is 6.24. The van der Waals surface area contributed by atoms with Crippen LogP contribution in [-0.2, 0) is 9.47 Å². The molecule has 15 heavy (non-hydrogen) atoms. The van der Waals surface area contributed by atoms with Gasteiger partial charge in [-0.3, -0.25) is 0 Å². The van der Waals surface area contributed by atoms with E-state index in [4.69, 9.17) is 9.47 Å². The first-order valence-electron chi connectivity index (χ1n) is 6.24. The Morgan fingerprint density at radius 3 is 2.93 bits per heavy atom. The van der Waals surface area contributed by atoms with Crippen molar-refractivity contribution < 1.29 is 9.47 Å². The number of ether oxygens (including phenoxy) is 2. The third kappa shape index (κ3) is 6.88. The minimum Gasteiger partial charge on any atom is -0.385 e. The van der Waals surface area contributed by atoms with Gasteiger partial charge in [-0.25, -0.2) is 0 Å². The quantitative estimate of drug-likeness (QED) is 0.628. The predicted octanol–water partition coefficient (Wildman–Crippen LogP) is 1.96. The fourth-order valence-electron chi connectivity index (χ4n) is 1.92. The molecule has 0 radical (unpaired) electrons. The standard InChI is InChI=1S/C12H25NO2/c1-14-10-5-3-8-13-9-7-12-6-2-4-11-15-12/h12-13H,2-11H2,1H3. The summed E-state index contributed by atoms with van der Waals surface area (Å²) in [5, 5.41) is 3.46. The van der Waals surface area contributed by atoms with Gasteiger partial charge in [-0.2, -0.15) is 0 Å². The first-order chi connectivity index (χ1) is 7.43. The third-order valence-corrected chi connectivity index (χ3v) is 2.87. The molecule has 1 unspecified atom stereocenters. The zero-order chi connectivity index (χ0) is 10.8. The van der Waals surface area contributed by atoms with Gasteiger partial charge in [0.15, 0.2) is 0 Å². The summed E-state index contributed by atoms with van der Waals surface area (Å²) in [6, 6.07) is 0. The molecule has 90 valence electrons. The Morgan fingerprint density at radius 2 is 2.20 bits per heavy atom. The minimum atomic E-state index is 0.519. The first kappa shape index (κ1) is 12.9. The Hall–Kier alpha value is -0.120. The average molecular weight is 215 g/mol. The van der Waals surface area contributed by atoms with E-state index in [2.05, 4.69) is 5.32 Å². The molecule has 0 aromatic rings. The summed E-state index contributed by atoms with van der Waals surface area (Å²) in [5.74, 6) is 0. The van der Waals surface area contributed by atoms with Gasteiger partial charge in [-0.15, -0.1) is 0 Å². The summed E-state index contributed by atoms with van der Waals surface area (Å²) in [6.45, 7) is 4.06. The lowest BCUT2D eigenvalue weighted by molar-refractivity contribution is 0.0116. The van der Waals surface area contributed by atoms with E-state index in [1.807, 2.05) is 0 Å². The molecule has 0 bridgehead atoms. The van der Waals surface area contributed by atoms with Gasteiger partial charge >= 0.3 is 0 Å². The summed E-state index contributed by atoms with van der Waals surface area (Å²) in [4.78, 5) is 0. The minimum absolute atomic E-state index is 0.519. The Morgan fingerprint density at radius 1 is 1.27 bits per heavy atom. The zero-order valence-electron chi connectivity index (χ0n) is 9.96. The molecule has 0 aliphatic carbocycles. The molecule has 0 aromatic heterocycles. The number of hydrogen-bond acceptors (Lipinski definition) is 3. The van der Waals surface area contributed by atoms with Crippen LogP contribution in [0.25, 0.3) is 0 Å². The molecular formula is C12H25NO2. The lowest BCUT2D eigenvalue weighted by atomic mass is 10.1. The normalized spacial score (nSPS) is 21.8. The van der Waals surface area contributed by atoms with Gasteiger partial charge in [0.2, 0.25) is 0 Å². The Kier molecular flexibility index (Phi) is 7.88. The van der Waals surface area contributed by atoms with E-state index in [1.54, 1.807) is 7.11 Å². The van der Waals surface area contributed by atoms with E-state index in [1.165, 1.54) is 32.1 Å². The van der Waals surface area contributed by atoms with E-state index in [0.717, 1.165) is 32.7 Å². The Labute approximate surface area is 93.5 Å². The Balaban J connectivity index is 1.79. The van der Waals surface area contributed by atoms with Gasteiger partial charge in [0.1, 0.15) is 0 Å². The summed E-state index contributed by atoms with van der Waals surface area (Å²) >= 11 is 0. The highest BCUT2D eigenvalue weighted by Gasteiger charge is 2.12. The van der Waals surface area contributed by atoms with Crippen LogP contribution in [0.5, 0.6) is 0 Å². The number of nitrogens with one attached hydrogen (secondary N) is 1. The molecule has 1 fully saturated rings. The summed E-state index contributed by atoms with van der Waals surface area (Å²) in [5.41, 5.74) is 0. The van der Waals surface area contributed by atoms with Crippen molar-refractivity contribution in [1.29, 1.82) is 0 Å². The van der Waals surface area contributed by atoms with Crippen molar-refractivity contribution in [3.63, 3.8) is 0 Å². The van der Waals surface area contributed by atoms with E-state index in [-0.39, 0.29) is 0 Å². The van der Waals surface area contributed by atoms with Crippen molar-refractivity contribution in [3.05, 3.63) is 0 Å². The van der Waals surface area contributed by atoms with E-state index in [9.17, 15) is 0 Å². The van der Waals surface area contributed by atoms with Crippen molar-refractivity contribution >= 4 is 0 Å². The van der Waals surface area contributed by atoms with Crippen molar-refractivity contribution in [2.75, 3.05) is 33.4 Å². The van der Waals surface area contributed by atoms with Gasteiger partial charge in [0.05, 0.1) is 6.10 Å². The SMILES string of the molecule is COCCCCNCCC1CCCCO1. The third-order valence-electron chi connectivity index (χ3n) is 2.87. The van der Waals surface area contributed by atoms with Crippen LogP contribution in [0.3, 0.4) is 0 Å². The van der Waals surface area contributed by atoms with Crippen LogP contribution in [0.4, 0.5) is 0 Å². The van der Waals surface area contributed by atoms with Crippen LogP contribution in [0.15, 0.2) is 0 Å². The van der Waals surface area contributed by atoms with Crippen molar-refractivity contribution in [1.82, 2.24) is 5.32 Å². The maximum atomic E-state index is 5.66. The fourth-order valence-corrected chi connectivity index (χ4v) is 1.92. The highest BCUT2D eigenvalue weighted by molar-refractivity contribution is 4.64. The number of rotatable bonds is 8. The lowest BCUT2D eigenvalue weighted by Gasteiger charge is -2.22. The van der Waals surface area contributed by atoms with E-state index in [0.29, 0.717) is 6.10 Å². The van der Waals surface area contributed by atoms with Gasteiger partial charge in [-0.05, 0) is 51.6 Å². The molecule has 1 heterocycles. The van der Waals surface area contributed by atoms with Crippen LogP contribution in [-0.4, -0.2) is 39.5 Å². The van der Waals surface area contributed by atoms with Crippen molar-refractivity contribution in [2.45, 2.75) is 44.6 Å². The highest BCUT2D eigenvalue weighted by Crippen LogP contribution is 2.14. The molecule has 1 rings (SSSR count). The molecule has 1 atom stereocenters. The van der Waals surface area contributed by atoms with Gasteiger partial charge in [0.25, 0.3) is 0 Å². The fraction of sp³-hybridized carbons (Fsp3) is 1.00. The topological polar surface area (TPSA) is 30.5 Å². The van der Waals surface area contributed by atoms with Gasteiger partial charge in [0, 0.05) is 20.3 Å². The van der Waals surface area contributed by atoms with Crippen LogP contribution in [0, 0.1) is 0 Å². The van der Waals surface area contributed by atoms with Crippen molar-refractivity contribution in [2.24, 2.45) is 0 Å². The molecule has 1 saturated heterocycles. The van der Waals surface area contributed by atoms with E-state index < -0.39 is 0 Å². The van der Waals surface area contributed by atoms with Crippen LogP contribution in [0.1, 0.15) is 38.5 Å². The summed E-state index contributed by atoms with van der Waals surface area (Å²) in [6.07, 6.45) is 7.91. The molecule has 1 N–H and O–H groups in total. The predicted molar refractivity (Wildman–Crippen MR) is 62.2 cm³/mol. The second-order valence-corrected chi connectivity index (χ2v) is 4.23. The number of hydrogen-bond donors (Lipinski definition) is 1. The maximum absolute atomic E-state index is 5.66. The zero-order valence-corrected chi connectivity index (χ0v) is 9.96. The Bertz CT molecular complexity index is 136. The molecule has 0 amide bonds. The second-order valence-electron chi connectivity index (χ2n) is 4.23. The molecule has 0 aromatic carbocycles. The maximum Gasteiger partial charge on any atom is 0.0587 e. The molecule has 3 heteroatoms. The van der Waals surface area contributed by atoms with Crippen LogP contribution < -0.4 is 5.32 Å². The smallest absolute Gasteiger partial charge is 0.0587 e. The molecule has 0 saturated carbocycles. The monoisotopic (exact) mass is 215 g/mol. The summed E-state index contributed by atoms with van der Waals surface area (Å²) in [7, 11) is 1.76. The lowest BCUT2D eigenvalue weighted by Crippen LogP contribution is -2.25. The number of methoxy groups -OCH3 is 1. The average Bonchev–Trinajstić information content (AvgIpc) is 2.29. The van der Waals surface area contributed by atoms with Crippen molar-refractivity contribution in [3.8, 4) is 0 Å². The highest BCUT2D eigenvalue weighted by atomic mass is 16.5. The largest absolute Gasteiger partial charge is 0.385 e. The van der Waals surface area contributed by atoms with Crippen LogP contribution >= 0.6 is 0 Å². The number of unbranched alkanes of at least 4 members (excludes halogenated alkanes) is 1. The van der Waals surface area contributed by atoms with Gasteiger partial charge in [-0.1, -0.05) is 0 Å². The molecular weight excluding hydrogens is 190 g/mol. The molecule has 3 nitrogen and oxygen atoms in total.